The van der Waals surface area contributed by atoms with Gasteiger partial charge in [0.15, 0.2) is 0 Å². The second kappa shape index (κ2) is 7.50. The van der Waals surface area contributed by atoms with Gasteiger partial charge in [-0.25, -0.2) is 4.79 Å². The molecule has 1 saturated heterocycles. The number of amides is 1. The third-order valence-corrected chi connectivity index (χ3v) is 3.92. The summed E-state index contributed by atoms with van der Waals surface area (Å²) in [5.74, 6) is -0.834. The fourth-order valence-corrected chi connectivity index (χ4v) is 2.67. The Bertz CT molecular complexity index is 573. The number of hydrogen-bond donors (Lipinski definition) is 3. The highest BCUT2D eigenvalue weighted by molar-refractivity contribution is 5.65. The van der Waals surface area contributed by atoms with Gasteiger partial charge in [-0.15, -0.1) is 0 Å². The van der Waals surface area contributed by atoms with Crippen LogP contribution in [-0.4, -0.2) is 43.6 Å². The summed E-state index contributed by atoms with van der Waals surface area (Å²) in [5, 5.41) is 10.7. The minimum atomic E-state index is -4.16. The molecule has 0 aliphatic carbocycles. The second-order valence-corrected chi connectivity index (χ2v) is 5.61. The average Bonchev–Trinajstić information content (AvgIpc) is 2.51. The van der Waals surface area contributed by atoms with Crippen molar-refractivity contribution in [1.29, 1.82) is 0 Å². The van der Waals surface area contributed by atoms with Gasteiger partial charge in [-0.05, 0) is 25.0 Å². The SMILES string of the molecule is Nc1ccc(N2CCC(C(F)(F)F)CC2)c(OCCNC(=O)O)c1. The molecule has 1 aliphatic heterocycles. The van der Waals surface area contributed by atoms with Crippen LogP contribution in [0.4, 0.5) is 29.3 Å². The van der Waals surface area contributed by atoms with Crippen molar-refractivity contribution in [2.75, 3.05) is 36.9 Å². The van der Waals surface area contributed by atoms with E-state index in [0.717, 1.165) is 0 Å². The van der Waals surface area contributed by atoms with Gasteiger partial charge in [0.05, 0.1) is 18.2 Å². The number of nitrogens with one attached hydrogen (secondary N) is 1. The van der Waals surface area contributed by atoms with Crippen molar-refractivity contribution < 1.29 is 27.8 Å². The summed E-state index contributed by atoms with van der Waals surface area (Å²) in [6.07, 6.45) is -5.24. The van der Waals surface area contributed by atoms with Gasteiger partial charge < -0.3 is 25.8 Å². The number of carboxylic acid groups (broad SMARTS) is 1. The third kappa shape index (κ3) is 4.84. The normalized spacial score (nSPS) is 16.0. The van der Waals surface area contributed by atoms with Crippen LogP contribution in [0.2, 0.25) is 0 Å². The Hall–Kier alpha value is -2.32. The highest BCUT2D eigenvalue weighted by Crippen LogP contribution is 2.38. The van der Waals surface area contributed by atoms with Crippen LogP contribution in [-0.2, 0) is 0 Å². The van der Waals surface area contributed by atoms with Crippen molar-refractivity contribution in [3.05, 3.63) is 18.2 Å². The Morgan fingerprint density at radius 1 is 1.38 bits per heavy atom. The number of nitrogen functional groups attached to an aromatic ring is 1. The van der Waals surface area contributed by atoms with Gasteiger partial charge in [0.25, 0.3) is 0 Å². The standard InChI is InChI=1S/C15H20F3N3O3/c16-15(17,18)10-3-6-21(7-4-10)12-2-1-11(19)9-13(12)24-8-5-20-14(22)23/h1-2,9-10,20H,3-8,19H2,(H,22,23). The molecule has 1 amide bonds. The number of anilines is 2. The van der Waals surface area contributed by atoms with Crippen LogP contribution in [0.15, 0.2) is 18.2 Å². The molecule has 1 heterocycles. The number of carbonyl (C=O) groups is 1. The first-order valence-corrected chi connectivity index (χ1v) is 7.58. The van der Waals surface area contributed by atoms with E-state index in [1.807, 2.05) is 4.90 Å². The van der Waals surface area contributed by atoms with Gasteiger partial charge >= 0.3 is 12.3 Å². The summed E-state index contributed by atoms with van der Waals surface area (Å²) in [7, 11) is 0. The lowest BCUT2D eigenvalue weighted by Gasteiger charge is -2.35. The first-order valence-electron chi connectivity index (χ1n) is 7.58. The fraction of sp³-hybridized carbons (Fsp3) is 0.533. The van der Waals surface area contributed by atoms with E-state index < -0.39 is 18.2 Å². The molecule has 2 rings (SSSR count). The quantitative estimate of drug-likeness (QED) is 0.563. The summed E-state index contributed by atoms with van der Waals surface area (Å²) in [4.78, 5) is 12.2. The number of alkyl halides is 3. The Morgan fingerprint density at radius 2 is 2.04 bits per heavy atom. The Balaban J connectivity index is 2.01. The molecule has 1 aliphatic rings. The van der Waals surface area contributed by atoms with Crippen molar-refractivity contribution in [1.82, 2.24) is 5.32 Å². The molecule has 1 fully saturated rings. The zero-order valence-electron chi connectivity index (χ0n) is 13.0. The third-order valence-electron chi connectivity index (χ3n) is 3.92. The van der Waals surface area contributed by atoms with Crippen molar-refractivity contribution in [3.63, 3.8) is 0 Å². The monoisotopic (exact) mass is 347 g/mol. The number of benzene rings is 1. The Kier molecular flexibility index (Phi) is 5.63. The summed E-state index contributed by atoms with van der Waals surface area (Å²) < 4.78 is 43.8. The van der Waals surface area contributed by atoms with Gasteiger partial charge in [0.2, 0.25) is 0 Å². The van der Waals surface area contributed by atoms with Gasteiger partial charge in [-0.2, -0.15) is 13.2 Å². The second-order valence-electron chi connectivity index (χ2n) is 5.61. The topological polar surface area (TPSA) is 87.8 Å². The van der Waals surface area contributed by atoms with E-state index in [-0.39, 0.29) is 39.1 Å². The van der Waals surface area contributed by atoms with Gasteiger partial charge in [-0.3, -0.25) is 0 Å². The molecule has 24 heavy (non-hydrogen) atoms. The Labute approximate surface area is 137 Å². The molecule has 9 heteroatoms. The van der Waals surface area contributed by atoms with Crippen molar-refractivity contribution in [2.45, 2.75) is 19.0 Å². The summed E-state index contributed by atoms with van der Waals surface area (Å²) >= 11 is 0. The van der Waals surface area contributed by atoms with Crippen LogP contribution >= 0.6 is 0 Å². The molecule has 134 valence electrons. The molecule has 4 N–H and O–H groups in total. The molecular weight excluding hydrogens is 327 g/mol. The molecule has 0 unspecified atom stereocenters. The van der Waals surface area contributed by atoms with Gasteiger partial charge in [-0.1, -0.05) is 0 Å². The lowest BCUT2D eigenvalue weighted by Crippen LogP contribution is -2.39. The molecule has 1 aromatic rings. The first-order chi connectivity index (χ1) is 11.3. The smallest absolute Gasteiger partial charge is 0.404 e. The Morgan fingerprint density at radius 3 is 2.62 bits per heavy atom. The van der Waals surface area contributed by atoms with Crippen LogP contribution in [0.3, 0.4) is 0 Å². The molecule has 0 spiro atoms. The minimum Gasteiger partial charge on any atom is -0.489 e. The van der Waals surface area contributed by atoms with Crippen LogP contribution < -0.4 is 20.7 Å². The fourth-order valence-electron chi connectivity index (χ4n) is 2.67. The van der Waals surface area contributed by atoms with E-state index in [9.17, 15) is 18.0 Å². The number of nitrogens with zero attached hydrogens (tertiary/aromatic N) is 1. The summed E-state index contributed by atoms with van der Waals surface area (Å²) in [6.45, 7) is 0.747. The molecule has 0 saturated carbocycles. The van der Waals surface area contributed by atoms with E-state index in [2.05, 4.69) is 5.32 Å². The molecule has 0 aromatic heterocycles. The summed E-state index contributed by atoms with van der Waals surface area (Å²) in [6, 6.07) is 4.96. The number of rotatable bonds is 5. The zero-order chi connectivity index (χ0) is 17.7. The molecule has 6 nitrogen and oxygen atoms in total. The minimum absolute atomic E-state index is 0.0356. The van der Waals surface area contributed by atoms with E-state index in [1.165, 1.54) is 0 Å². The van der Waals surface area contributed by atoms with Gasteiger partial charge in [0.1, 0.15) is 12.4 Å². The van der Waals surface area contributed by atoms with Crippen molar-refractivity contribution in [2.24, 2.45) is 5.92 Å². The number of halogens is 3. The molecule has 0 atom stereocenters. The van der Waals surface area contributed by atoms with E-state index >= 15 is 0 Å². The summed E-state index contributed by atoms with van der Waals surface area (Å²) in [5.41, 5.74) is 6.86. The van der Waals surface area contributed by atoms with Crippen LogP contribution in [0, 0.1) is 5.92 Å². The van der Waals surface area contributed by atoms with Crippen LogP contribution in [0.25, 0.3) is 0 Å². The lowest BCUT2D eigenvalue weighted by molar-refractivity contribution is -0.179. The maximum absolute atomic E-state index is 12.8. The zero-order valence-corrected chi connectivity index (χ0v) is 13.0. The average molecular weight is 347 g/mol. The number of nitrogens with two attached hydrogens (primary N) is 1. The predicted molar refractivity (Wildman–Crippen MR) is 83.4 cm³/mol. The van der Waals surface area contributed by atoms with Crippen LogP contribution in [0.5, 0.6) is 5.75 Å². The highest BCUT2D eigenvalue weighted by Gasteiger charge is 2.41. The van der Waals surface area contributed by atoms with Gasteiger partial charge in [0, 0.05) is 24.8 Å². The highest BCUT2D eigenvalue weighted by atomic mass is 19.4. The number of hydrogen-bond acceptors (Lipinski definition) is 4. The number of piperidine rings is 1. The maximum atomic E-state index is 12.8. The molecular formula is C15H20F3N3O3. The van der Waals surface area contributed by atoms with E-state index in [0.29, 0.717) is 17.1 Å². The van der Waals surface area contributed by atoms with E-state index in [1.54, 1.807) is 18.2 Å². The van der Waals surface area contributed by atoms with Crippen molar-refractivity contribution >= 4 is 17.5 Å². The number of ether oxygens (including phenoxy) is 1. The van der Waals surface area contributed by atoms with E-state index in [4.69, 9.17) is 15.6 Å². The van der Waals surface area contributed by atoms with Crippen molar-refractivity contribution in [3.8, 4) is 5.75 Å². The predicted octanol–water partition coefficient (Wildman–Crippen LogP) is 2.69. The first kappa shape index (κ1) is 18.0. The molecule has 1 aromatic carbocycles. The molecule has 0 radical (unpaired) electrons. The van der Waals surface area contributed by atoms with Crippen LogP contribution in [0.1, 0.15) is 12.8 Å². The lowest BCUT2D eigenvalue weighted by atomic mass is 9.96. The maximum Gasteiger partial charge on any atom is 0.404 e. The molecule has 0 bridgehead atoms. The largest absolute Gasteiger partial charge is 0.489 e.